The fourth-order valence-corrected chi connectivity index (χ4v) is 2.61. The molecule has 3 rings (SSSR count). The minimum Gasteiger partial charge on any atom is -0.393 e. The summed E-state index contributed by atoms with van der Waals surface area (Å²) in [5, 5.41) is 0. The highest BCUT2D eigenvalue weighted by atomic mass is 19.1. The fourth-order valence-electron chi connectivity index (χ4n) is 2.61. The second-order valence-corrected chi connectivity index (χ2v) is 4.95. The first-order valence-corrected chi connectivity index (χ1v) is 6.42. The van der Waals surface area contributed by atoms with Crippen molar-refractivity contribution in [3.63, 3.8) is 0 Å². The molecule has 3 atom stereocenters. The fraction of sp³-hybridized carbons (Fsp3) is 0.333. The van der Waals surface area contributed by atoms with E-state index in [9.17, 15) is 14.0 Å². The normalized spacial score (nSPS) is 28.9. The van der Waals surface area contributed by atoms with E-state index in [2.05, 4.69) is 4.74 Å². The van der Waals surface area contributed by atoms with E-state index in [1.807, 2.05) is 30.3 Å². The third-order valence-electron chi connectivity index (χ3n) is 3.61. The summed E-state index contributed by atoms with van der Waals surface area (Å²) in [4.78, 5) is 23.2. The molecule has 0 saturated carbocycles. The molecule has 1 heterocycles. The van der Waals surface area contributed by atoms with Crippen LogP contribution >= 0.6 is 0 Å². The lowest BCUT2D eigenvalue weighted by atomic mass is 9.82. The van der Waals surface area contributed by atoms with Gasteiger partial charge in [-0.2, -0.15) is 0 Å². The van der Waals surface area contributed by atoms with Crippen LogP contribution in [0.1, 0.15) is 12.0 Å². The van der Waals surface area contributed by atoms with Gasteiger partial charge in [0.05, 0.1) is 24.5 Å². The number of esters is 2. The minimum atomic E-state index is -0.757. The molecule has 0 aromatic heterocycles. The Labute approximate surface area is 115 Å². The predicted octanol–water partition coefficient (Wildman–Crippen LogP) is 2.14. The van der Waals surface area contributed by atoms with Crippen molar-refractivity contribution in [3.05, 3.63) is 47.8 Å². The number of hydrogen-bond donors (Lipinski definition) is 0. The summed E-state index contributed by atoms with van der Waals surface area (Å²) in [7, 11) is 0. The van der Waals surface area contributed by atoms with Crippen molar-refractivity contribution < 1.29 is 23.5 Å². The molecule has 1 aromatic carbocycles. The molecule has 1 saturated heterocycles. The van der Waals surface area contributed by atoms with Gasteiger partial charge < -0.3 is 9.47 Å². The van der Waals surface area contributed by atoms with Crippen LogP contribution in [0.15, 0.2) is 42.2 Å². The molecule has 0 bridgehead atoms. The Kier molecular flexibility index (Phi) is 3.36. The van der Waals surface area contributed by atoms with Crippen molar-refractivity contribution in [2.45, 2.75) is 19.1 Å². The van der Waals surface area contributed by atoms with E-state index < -0.39 is 35.7 Å². The third-order valence-corrected chi connectivity index (χ3v) is 3.61. The highest BCUT2D eigenvalue weighted by Gasteiger charge is 2.51. The lowest BCUT2D eigenvalue weighted by molar-refractivity contribution is -0.154. The Hall–Kier alpha value is -2.01. The van der Waals surface area contributed by atoms with Gasteiger partial charge in [-0.15, -0.1) is 0 Å². The topological polar surface area (TPSA) is 52.6 Å². The monoisotopic (exact) mass is 276 g/mol. The molecule has 20 heavy (non-hydrogen) atoms. The molecule has 1 fully saturated rings. The predicted molar refractivity (Wildman–Crippen MR) is 66.9 cm³/mol. The average molecular weight is 276 g/mol. The summed E-state index contributed by atoms with van der Waals surface area (Å²) in [6.07, 6.45) is 0.428. The van der Waals surface area contributed by atoms with Crippen molar-refractivity contribution in [3.8, 4) is 0 Å². The number of hydrogen-bond acceptors (Lipinski definition) is 4. The van der Waals surface area contributed by atoms with E-state index in [0.29, 0.717) is 0 Å². The summed E-state index contributed by atoms with van der Waals surface area (Å²) in [6, 6.07) is 9.36. The zero-order valence-corrected chi connectivity index (χ0v) is 10.6. The second kappa shape index (κ2) is 5.17. The summed E-state index contributed by atoms with van der Waals surface area (Å²) >= 11 is 0. The van der Waals surface area contributed by atoms with Gasteiger partial charge in [-0.25, -0.2) is 4.39 Å². The van der Waals surface area contributed by atoms with Crippen molar-refractivity contribution in [1.29, 1.82) is 0 Å². The molecule has 4 nitrogen and oxygen atoms in total. The zero-order valence-electron chi connectivity index (χ0n) is 10.6. The van der Waals surface area contributed by atoms with E-state index >= 15 is 0 Å². The maximum absolute atomic E-state index is 13.6. The van der Waals surface area contributed by atoms with Gasteiger partial charge in [0, 0.05) is 6.42 Å². The van der Waals surface area contributed by atoms with Gasteiger partial charge in [-0.3, -0.25) is 9.59 Å². The number of fused-ring (bicyclic) bond motifs is 1. The van der Waals surface area contributed by atoms with Crippen molar-refractivity contribution in [1.82, 2.24) is 0 Å². The molecule has 3 unspecified atom stereocenters. The number of allylic oxidation sites excluding steroid dienone is 1. The van der Waals surface area contributed by atoms with Crippen LogP contribution in [-0.2, 0) is 25.7 Å². The van der Waals surface area contributed by atoms with Gasteiger partial charge in [0.25, 0.3) is 0 Å². The van der Waals surface area contributed by atoms with Crippen LogP contribution < -0.4 is 0 Å². The first kappa shape index (κ1) is 13.0. The number of ether oxygens (including phenoxy) is 2. The number of carbonyl (C=O) groups is 2. The summed E-state index contributed by atoms with van der Waals surface area (Å²) in [6.45, 7) is 0.250. The largest absolute Gasteiger partial charge is 0.393 e. The number of carbonyl (C=O) groups excluding carboxylic acids is 2. The number of rotatable bonds is 3. The average Bonchev–Trinajstić information content (AvgIpc) is 2.72. The summed E-state index contributed by atoms with van der Waals surface area (Å²) in [5.41, 5.74) is 0.918. The Morgan fingerprint density at radius 3 is 2.70 bits per heavy atom. The molecule has 1 aliphatic carbocycles. The van der Waals surface area contributed by atoms with E-state index in [1.54, 1.807) is 0 Å². The first-order valence-electron chi connectivity index (χ1n) is 6.42. The smallest absolute Gasteiger partial charge is 0.320 e. The van der Waals surface area contributed by atoms with Crippen LogP contribution in [0.3, 0.4) is 0 Å². The highest BCUT2D eigenvalue weighted by molar-refractivity contribution is 5.97. The highest BCUT2D eigenvalue weighted by Crippen LogP contribution is 2.38. The number of benzene rings is 1. The maximum atomic E-state index is 13.6. The number of halogens is 1. The van der Waals surface area contributed by atoms with E-state index in [1.165, 1.54) is 6.08 Å². The molecule has 2 aliphatic rings. The standard InChI is InChI=1S/C15H13FO4/c16-10-6-11-13(15(18)20-14(11)17)12(7-10)19-8-9-4-2-1-3-5-9/h1-5,7,11-13H,6,8H2. The van der Waals surface area contributed by atoms with Gasteiger partial charge in [0.2, 0.25) is 0 Å². The molecule has 104 valence electrons. The van der Waals surface area contributed by atoms with E-state index in [4.69, 9.17) is 4.74 Å². The lowest BCUT2D eigenvalue weighted by Gasteiger charge is -2.25. The quantitative estimate of drug-likeness (QED) is 0.627. The van der Waals surface area contributed by atoms with Gasteiger partial charge in [0.15, 0.2) is 0 Å². The van der Waals surface area contributed by atoms with Crippen LogP contribution in [0.4, 0.5) is 4.39 Å². The molecular weight excluding hydrogens is 263 g/mol. The van der Waals surface area contributed by atoms with Gasteiger partial charge in [-0.05, 0) is 11.6 Å². The van der Waals surface area contributed by atoms with Crippen LogP contribution in [0.25, 0.3) is 0 Å². The lowest BCUT2D eigenvalue weighted by Crippen LogP contribution is -2.34. The molecule has 1 aromatic rings. The zero-order chi connectivity index (χ0) is 14.1. The van der Waals surface area contributed by atoms with Crippen molar-refractivity contribution in [2.75, 3.05) is 0 Å². The third kappa shape index (κ3) is 2.36. The minimum absolute atomic E-state index is 0.0829. The van der Waals surface area contributed by atoms with Crippen LogP contribution in [0.2, 0.25) is 0 Å². The van der Waals surface area contributed by atoms with E-state index in [-0.39, 0.29) is 13.0 Å². The van der Waals surface area contributed by atoms with Crippen LogP contribution in [-0.4, -0.2) is 18.0 Å². The maximum Gasteiger partial charge on any atom is 0.320 e. The Balaban J connectivity index is 1.76. The van der Waals surface area contributed by atoms with Gasteiger partial charge >= 0.3 is 11.9 Å². The Bertz CT molecular complexity index is 566. The molecule has 1 aliphatic heterocycles. The molecule has 0 amide bonds. The Morgan fingerprint density at radius 1 is 1.20 bits per heavy atom. The SMILES string of the molecule is O=C1OC(=O)C2C(OCc3ccccc3)C=C(F)CC12. The first-order chi connectivity index (χ1) is 9.65. The molecule has 0 radical (unpaired) electrons. The van der Waals surface area contributed by atoms with Crippen molar-refractivity contribution in [2.24, 2.45) is 11.8 Å². The molecule has 5 heteroatoms. The van der Waals surface area contributed by atoms with Crippen molar-refractivity contribution >= 4 is 11.9 Å². The van der Waals surface area contributed by atoms with E-state index in [0.717, 1.165) is 5.56 Å². The summed E-state index contributed by atoms with van der Waals surface area (Å²) in [5.74, 6) is -3.20. The molecule has 0 N–H and O–H groups in total. The number of cyclic esters (lactones) is 2. The molecule has 0 spiro atoms. The van der Waals surface area contributed by atoms with Gasteiger partial charge in [-0.1, -0.05) is 30.3 Å². The van der Waals surface area contributed by atoms with Crippen LogP contribution in [0.5, 0.6) is 0 Å². The second-order valence-electron chi connectivity index (χ2n) is 4.95. The Morgan fingerprint density at radius 2 is 1.95 bits per heavy atom. The summed E-state index contributed by atoms with van der Waals surface area (Å²) < 4.78 is 23.7. The van der Waals surface area contributed by atoms with Crippen LogP contribution in [0, 0.1) is 11.8 Å². The van der Waals surface area contributed by atoms with Gasteiger partial charge in [0.1, 0.15) is 5.92 Å². The molecular formula is C15H13FO4.